The van der Waals surface area contributed by atoms with Crippen molar-refractivity contribution in [3.8, 4) is 0 Å². The van der Waals surface area contributed by atoms with Gasteiger partial charge in [-0.2, -0.15) is 0 Å². The monoisotopic (exact) mass is 517 g/mol. The Kier molecular flexibility index (Phi) is 7.40. The molecule has 3 aromatic rings. The topological polar surface area (TPSA) is 114 Å². The van der Waals surface area contributed by atoms with Gasteiger partial charge in [-0.3, -0.25) is 19.9 Å². The number of fused-ring (bicyclic) bond motifs is 1. The Labute approximate surface area is 223 Å². The van der Waals surface area contributed by atoms with E-state index in [1.807, 2.05) is 31.3 Å². The molecule has 1 aliphatic heterocycles. The molecule has 0 spiro atoms. The molecule has 0 bridgehead atoms. The van der Waals surface area contributed by atoms with E-state index in [1.165, 1.54) is 6.20 Å². The highest BCUT2D eigenvalue weighted by Gasteiger charge is 2.43. The van der Waals surface area contributed by atoms with Gasteiger partial charge in [0.15, 0.2) is 0 Å². The van der Waals surface area contributed by atoms with Gasteiger partial charge in [-0.05, 0) is 88.1 Å². The van der Waals surface area contributed by atoms with Crippen molar-refractivity contribution < 1.29 is 19.1 Å². The molecule has 1 aromatic carbocycles. The predicted octanol–water partition coefficient (Wildman–Crippen LogP) is 5.40. The summed E-state index contributed by atoms with van der Waals surface area (Å²) in [4.78, 5) is 48.9. The maximum atomic E-state index is 13.5. The second-order valence-corrected chi connectivity index (χ2v) is 11.2. The lowest BCUT2D eigenvalue weighted by Gasteiger charge is -2.47. The summed E-state index contributed by atoms with van der Waals surface area (Å²) in [6.45, 7) is 11.7. The molecule has 4 rings (SSSR count). The van der Waals surface area contributed by atoms with Gasteiger partial charge in [-0.1, -0.05) is 19.1 Å². The molecule has 38 heavy (non-hydrogen) atoms. The van der Waals surface area contributed by atoms with E-state index in [4.69, 9.17) is 4.74 Å². The zero-order valence-corrected chi connectivity index (χ0v) is 22.8. The number of carbonyl (C=O) groups is 3. The second kappa shape index (κ2) is 10.4. The lowest BCUT2D eigenvalue weighted by atomic mass is 9.78. The Morgan fingerprint density at radius 2 is 1.84 bits per heavy atom. The third-order valence-corrected chi connectivity index (χ3v) is 6.87. The molecule has 1 aliphatic rings. The van der Waals surface area contributed by atoms with Crippen LogP contribution < -0.4 is 10.6 Å². The summed E-state index contributed by atoms with van der Waals surface area (Å²) in [6, 6.07) is 9.70. The average molecular weight is 518 g/mol. The fourth-order valence-electron chi connectivity index (χ4n) is 4.77. The van der Waals surface area contributed by atoms with Crippen molar-refractivity contribution in [3.05, 3.63) is 60.0 Å². The van der Waals surface area contributed by atoms with Crippen LogP contribution in [0, 0.1) is 12.8 Å². The van der Waals surface area contributed by atoms with Crippen molar-refractivity contribution in [1.82, 2.24) is 14.9 Å². The number of anilines is 2. The molecule has 3 heterocycles. The maximum absolute atomic E-state index is 13.5. The quantitative estimate of drug-likeness (QED) is 0.450. The summed E-state index contributed by atoms with van der Waals surface area (Å²) in [5.41, 5.74) is 0.688. The fraction of sp³-hybridized carbons (Fsp3) is 0.414. The number of likely N-dealkylation sites (tertiary alicyclic amines) is 1. The molecule has 0 saturated carbocycles. The van der Waals surface area contributed by atoms with Crippen LogP contribution in [0.3, 0.4) is 0 Å². The second-order valence-electron chi connectivity index (χ2n) is 11.2. The number of nitrogens with zero attached hydrogens (tertiary/aromatic N) is 3. The highest BCUT2D eigenvalue weighted by atomic mass is 16.6. The smallest absolute Gasteiger partial charge is 0.413 e. The molecule has 2 aromatic heterocycles. The minimum atomic E-state index is -0.732. The normalized spacial score (nSPS) is 19.6. The van der Waals surface area contributed by atoms with Crippen LogP contribution in [0.25, 0.3) is 10.8 Å². The van der Waals surface area contributed by atoms with Crippen LogP contribution in [0.15, 0.2) is 48.9 Å². The third kappa shape index (κ3) is 5.93. The minimum Gasteiger partial charge on any atom is -0.444 e. The van der Waals surface area contributed by atoms with Crippen LogP contribution in [-0.2, 0) is 19.9 Å². The van der Waals surface area contributed by atoms with E-state index in [2.05, 4.69) is 33.6 Å². The molecule has 9 heteroatoms. The van der Waals surface area contributed by atoms with Crippen LogP contribution in [-0.4, -0.2) is 44.9 Å². The number of hydrogen-bond donors (Lipinski definition) is 2. The van der Waals surface area contributed by atoms with Gasteiger partial charge in [0.2, 0.25) is 0 Å². The number of aromatic nitrogens is 2. The van der Waals surface area contributed by atoms with Crippen LogP contribution in [0.2, 0.25) is 0 Å². The Bertz CT molecular complexity index is 1380. The van der Waals surface area contributed by atoms with Gasteiger partial charge in [-0.25, -0.2) is 9.78 Å². The molecule has 2 atom stereocenters. The first-order chi connectivity index (χ1) is 17.9. The van der Waals surface area contributed by atoms with Crippen LogP contribution in [0.5, 0.6) is 0 Å². The number of pyridine rings is 2. The summed E-state index contributed by atoms with van der Waals surface area (Å²) >= 11 is 0. The largest absolute Gasteiger partial charge is 0.444 e. The Morgan fingerprint density at radius 1 is 1.08 bits per heavy atom. The fourth-order valence-corrected chi connectivity index (χ4v) is 4.77. The molecular weight excluding hydrogens is 482 g/mol. The number of carbonyl (C=O) groups excluding carboxylic acids is 3. The zero-order valence-electron chi connectivity index (χ0n) is 22.8. The number of ether oxygens (including phenoxy) is 1. The van der Waals surface area contributed by atoms with Gasteiger partial charge in [-0.15, -0.1) is 0 Å². The Balaban J connectivity index is 1.52. The van der Waals surface area contributed by atoms with Gasteiger partial charge in [0, 0.05) is 24.3 Å². The zero-order chi connectivity index (χ0) is 27.7. The molecule has 0 unspecified atom stereocenters. The number of aryl methyl sites for hydroxylation is 1. The van der Waals surface area contributed by atoms with Gasteiger partial charge < -0.3 is 15.0 Å². The minimum absolute atomic E-state index is 0.270. The van der Waals surface area contributed by atoms with Crippen LogP contribution >= 0.6 is 0 Å². The molecule has 0 aliphatic carbocycles. The number of piperidine rings is 1. The van der Waals surface area contributed by atoms with E-state index in [0.29, 0.717) is 23.6 Å². The summed E-state index contributed by atoms with van der Waals surface area (Å²) in [5, 5.41) is 7.35. The average Bonchev–Trinajstić information content (AvgIpc) is 2.85. The SMILES string of the molecule is Cc1cc(NC(=O)C(=O)N2C[C@@H](C)CC[C@@]2(C)c2ccc3cnccc3c2)cnc1NC(=O)OC(C)(C)C. The number of benzene rings is 1. The molecular formula is C29H35N5O4. The van der Waals surface area contributed by atoms with Crippen molar-refractivity contribution in [2.45, 2.75) is 65.5 Å². The van der Waals surface area contributed by atoms with E-state index in [9.17, 15) is 14.4 Å². The van der Waals surface area contributed by atoms with E-state index in [-0.39, 0.29) is 5.92 Å². The van der Waals surface area contributed by atoms with Gasteiger partial charge in [0.25, 0.3) is 0 Å². The molecule has 9 nitrogen and oxygen atoms in total. The third-order valence-electron chi connectivity index (χ3n) is 6.87. The van der Waals surface area contributed by atoms with E-state index < -0.39 is 29.0 Å². The molecule has 200 valence electrons. The van der Waals surface area contributed by atoms with Crippen molar-refractivity contribution in [3.63, 3.8) is 0 Å². The lowest BCUT2D eigenvalue weighted by Crippen LogP contribution is -2.55. The van der Waals surface area contributed by atoms with Crippen molar-refractivity contribution in [2.24, 2.45) is 5.92 Å². The standard InChI is InChI=1S/C29H35N5O4/c1-18-9-11-29(6,22-8-7-21-15-30-12-10-20(21)14-22)34(17-18)26(36)25(35)32-23-13-19(2)24(31-16-23)33-27(37)38-28(3,4)5/h7-8,10,12-16,18H,9,11,17H2,1-6H3,(H,32,35)(H,31,33,37)/t18-,29-/m0/s1. The molecule has 2 N–H and O–H groups in total. The van der Waals surface area contributed by atoms with Crippen molar-refractivity contribution in [1.29, 1.82) is 0 Å². The number of rotatable bonds is 3. The van der Waals surface area contributed by atoms with E-state index >= 15 is 0 Å². The van der Waals surface area contributed by atoms with Crippen molar-refractivity contribution >= 4 is 40.2 Å². The van der Waals surface area contributed by atoms with Gasteiger partial charge >= 0.3 is 17.9 Å². The number of hydrogen-bond acceptors (Lipinski definition) is 6. The van der Waals surface area contributed by atoms with Gasteiger partial charge in [0.05, 0.1) is 17.4 Å². The molecule has 3 amide bonds. The van der Waals surface area contributed by atoms with E-state index in [0.717, 1.165) is 29.2 Å². The Hall–Kier alpha value is -4.01. The summed E-state index contributed by atoms with van der Waals surface area (Å²) in [6.07, 6.45) is 6.04. The lowest BCUT2D eigenvalue weighted by molar-refractivity contribution is -0.150. The number of amides is 3. The first-order valence-electron chi connectivity index (χ1n) is 12.8. The first-order valence-corrected chi connectivity index (χ1v) is 12.8. The Morgan fingerprint density at radius 3 is 2.55 bits per heavy atom. The molecule has 1 fully saturated rings. The first kappa shape index (κ1) is 27.0. The van der Waals surface area contributed by atoms with E-state index in [1.54, 1.807) is 44.9 Å². The number of nitrogens with one attached hydrogen (secondary N) is 2. The van der Waals surface area contributed by atoms with Crippen LogP contribution in [0.4, 0.5) is 16.3 Å². The van der Waals surface area contributed by atoms with Crippen molar-refractivity contribution in [2.75, 3.05) is 17.2 Å². The molecule has 1 saturated heterocycles. The summed E-state index contributed by atoms with van der Waals surface area (Å²) < 4.78 is 5.27. The molecule has 0 radical (unpaired) electrons. The summed E-state index contributed by atoms with van der Waals surface area (Å²) in [7, 11) is 0. The van der Waals surface area contributed by atoms with Gasteiger partial charge in [0.1, 0.15) is 11.4 Å². The van der Waals surface area contributed by atoms with Crippen LogP contribution in [0.1, 0.15) is 58.6 Å². The maximum Gasteiger partial charge on any atom is 0.413 e. The highest BCUT2D eigenvalue weighted by molar-refractivity contribution is 6.39. The summed E-state index contributed by atoms with van der Waals surface area (Å²) in [5.74, 6) is -0.744. The highest BCUT2D eigenvalue weighted by Crippen LogP contribution is 2.40. The predicted molar refractivity (Wildman–Crippen MR) is 147 cm³/mol.